The smallest absolute Gasteiger partial charge is 0.225 e. The third kappa shape index (κ3) is 3.82. The number of carbonyl (C=O) groups is 1. The highest BCUT2D eigenvalue weighted by Crippen LogP contribution is 2.17. The molecule has 0 aromatic rings. The molecular formula is C12H26N2O. The average molecular weight is 214 g/mol. The molecule has 90 valence electrons. The molecule has 0 bridgehead atoms. The van der Waals surface area contributed by atoms with Crippen LogP contribution in [0.3, 0.4) is 0 Å². The van der Waals surface area contributed by atoms with E-state index >= 15 is 0 Å². The van der Waals surface area contributed by atoms with Crippen molar-refractivity contribution in [2.45, 2.75) is 40.2 Å². The number of nitrogens with zero attached hydrogens (tertiary/aromatic N) is 1. The quantitative estimate of drug-likeness (QED) is 0.773. The van der Waals surface area contributed by atoms with Crippen LogP contribution in [0.2, 0.25) is 0 Å². The maximum atomic E-state index is 11.7. The van der Waals surface area contributed by atoms with Gasteiger partial charge in [0.25, 0.3) is 0 Å². The van der Waals surface area contributed by atoms with Crippen molar-refractivity contribution in [2.24, 2.45) is 11.8 Å². The number of carbonyl (C=O) groups excluding carboxylic acids is 1. The van der Waals surface area contributed by atoms with Crippen molar-refractivity contribution >= 4 is 5.91 Å². The molecule has 0 aromatic heterocycles. The highest BCUT2D eigenvalue weighted by molar-refractivity contribution is 5.78. The molecule has 1 aliphatic rings. The van der Waals surface area contributed by atoms with Crippen LogP contribution >= 0.6 is 0 Å². The van der Waals surface area contributed by atoms with E-state index in [0.29, 0.717) is 17.9 Å². The third-order valence-corrected chi connectivity index (χ3v) is 2.91. The number of hydrogen-bond acceptors (Lipinski definition) is 2. The van der Waals surface area contributed by atoms with Crippen LogP contribution in [-0.4, -0.2) is 36.5 Å². The maximum Gasteiger partial charge on any atom is 0.225 e. The van der Waals surface area contributed by atoms with Crippen LogP contribution < -0.4 is 5.32 Å². The second-order valence-electron chi connectivity index (χ2n) is 5.16. The largest absolute Gasteiger partial charge is 0.342 e. The van der Waals surface area contributed by atoms with Gasteiger partial charge in [-0.15, -0.1) is 0 Å². The Morgan fingerprint density at radius 1 is 1.47 bits per heavy atom. The SMILES string of the molecule is CC(C)NCC1CCN(C(=O)C(C)C)C1.[HH]. The summed E-state index contributed by atoms with van der Waals surface area (Å²) in [6.07, 6.45) is 1.15. The van der Waals surface area contributed by atoms with Crippen molar-refractivity contribution in [2.75, 3.05) is 19.6 Å². The predicted molar refractivity (Wildman–Crippen MR) is 64.8 cm³/mol. The molecule has 1 N–H and O–H groups in total. The van der Waals surface area contributed by atoms with E-state index in [4.69, 9.17) is 0 Å². The minimum Gasteiger partial charge on any atom is -0.342 e. The Morgan fingerprint density at radius 3 is 2.67 bits per heavy atom. The summed E-state index contributed by atoms with van der Waals surface area (Å²) in [5, 5.41) is 3.44. The molecule has 0 radical (unpaired) electrons. The summed E-state index contributed by atoms with van der Waals surface area (Å²) in [7, 11) is 0. The summed E-state index contributed by atoms with van der Waals surface area (Å²) >= 11 is 0. The van der Waals surface area contributed by atoms with Crippen molar-refractivity contribution in [1.82, 2.24) is 10.2 Å². The minimum absolute atomic E-state index is 0. The van der Waals surface area contributed by atoms with Gasteiger partial charge in [0.15, 0.2) is 0 Å². The molecule has 0 spiro atoms. The lowest BCUT2D eigenvalue weighted by molar-refractivity contribution is -0.133. The topological polar surface area (TPSA) is 32.3 Å². The molecular weight excluding hydrogens is 188 g/mol. The molecule has 3 heteroatoms. The predicted octanol–water partition coefficient (Wildman–Crippen LogP) is 1.73. The van der Waals surface area contributed by atoms with E-state index in [9.17, 15) is 4.79 Å². The summed E-state index contributed by atoms with van der Waals surface area (Å²) in [6, 6.07) is 0.542. The van der Waals surface area contributed by atoms with E-state index in [1.165, 1.54) is 0 Å². The van der Waals surface area contributed by atoms with Gasteiger partial charge in [-0.25, -0.2) is 0 Å². The van der Waals surface area contributed by atoms with Crippen LogP contribution in [0.25, 0.3) is 0 Å². The van der Waals surface area contributed by atoms with Crippen LogP contribution in [0, 0.1) is 11.8 Å². The molecule has 1 saturated heterocycles. The monoisotopic (exact) mass is 214 g/mol. The van der Waals surface area contributed by atoms with Gasteiger partial charge in [0, 0.05) is 26.5 Å². The van der Waals surface area contributed by atoms with Crippen molar-refractivity contribution in [3.8, 4) is 0 Å². The first kappa shape index (κ1) is 12.5. The van der Waals surface area contributed by atoms with Crippen LogP contribution in [0.4, 0.5) is 0 Å². The van der Waals surface area contributed by atoms with Crippen LogP contribution in [0.15, 0.2) is 0 Å². The highest BCUT2D eigenvalue weighted by atomic mass is 16.2. The molecule has 1 unspecified atom stereocenters. The highest BCUT2D eigenvalue weighted by Gasteiger charge is 2.27. The van der Waals surface area contributed by atoms with E-state index in [0.717, 1.165) is 26.1 Å². The van der Waals surface area contributed by atoms with E-state index in [-0.39, 0.29) is 7.34 Å². The van der Waals surface area contributed by atoms with Crippen molar-refractivity contribution in [3.05, 3.63) is 0 Å². The lowest BCUT2D eigenvalue weighted by Crippen LogP contribution is -2.34. The average Bonchev–Trinajstić information content (AvgIpc) is 2.61. The van der Waals surface area contributed by atoms with Crippen LogP contribution in [0.1, 0.15) is 35.5 Å². The van der Waals surface area contributed by atoms with Crippen molar-refractivity contribution in [3.63, 3.8) is 0 Å². The molecule has 1 heterocycles. The molecule has 1 amide bonds. The summed E-state index contributed by atoms with van der Waals surface area (Å²) < 4.78 is 0. The van der Waals surface area contributed by atoms with Gasteiger partial charge in [-0.05, 0) is 18.9 Å². The fourth-order valence-electron chi connectivity index (χ4n) is 1.97. The van der Waals surface area contributed by atoms with E-state index in [2.05, 4.69) is 19.2 Å². The molecule has 1 rings (SSSR count). The number of likely N-dealkylation sites (tertiary alicyclic amines) is 1. The number of hydrogen-bond donors (Lipinski definition) is 1. The summed E-state index contributed by atoms with van der Waals surface area (Å²) in [4.78, 5) is 13.7. The van der Waals surface area contributed by atoms with Crippen molar-refractivity contribution in [1.29, 1.82) is 0 Å². The van der Waals surface area contributed by atoms with Gasteiger partial charge < -0.3 is 10.2 Å². The zero-order chi connectivity index (χ0) is 11.4. The van der Waals surface area contributed by atoms with Gasteiger partial charge >= 0.3 is 0 Å². The molecule has 0 aliphatic carbocycles. The molecule has 0 saturated carbocycles. The number of rotatable bonds is 4. The second kappa shape index (κ2) is 5.50. The maximum absolute atomic E-state index is 11.7. The van der Waals surface area contributed by atoms with Crippen molar-refractivity contribution < 1.29 is 6.22 Å². The van der Waals surface area contributed by atoms with E-state index in [1.54, 1.807) is 0 Å². The molecule has 1 aliphatic heterocycles. The Bertz CT molecular complexity index is 219. The molecule has 1 fully saturated rings. The Hall–Kier alpha value is -0.570. The van der Waals surface area contributed by atoms with Gasteiger partial charge in [-0.3, -0.25) is 4.79 Å². The zero-order valence-corrected chi connectivity index (χ0v) is 10.4. The number of amides is 1. The Labute approximate surface area is 94.7 Å². The normalized spacial score (nSPS) is 21.7. The Balaban J connectivity index is 0.00000225. The van der Waals surface area contributed by atoms with E-state index < -0.39 is 0 Å². The summed E-state index contributed by atoms with van der Waals surface area (Å²) in [5.74, 6) is 1.10. The standard InChI is InChI=1S/C12H24N2O.H2/c1-9(2)12(15)14-6-5-11(8-14)7-13-10(3)4;/h9-11,13H,5-8H2,1-4H3;1H. The lowest BCUT2D eigenvalue weighted by Gasteiger charge is -2.19. The van der Waals surface area contributed by atoms with Gasteiger partial charge in [0.05, 0.1) is 0 Å². The third-order valence-electron chi connectivity index (χ3n) is 2.91. The van der Waals surface area contributed by atoms with E-state index in [1.807, 2.05) is 18.7 Å². The number of nitrogens with one attached hydrogen (secondary N) is 1. The minimum atomic E-state index is 0. The fraction of sp³-hybridized carbons (Fsp3) is 0.917. The first-order chi connectivity index (χ1) is 7.00. The van der Waals surface area contributed by atoms with Gasteiger partial charge in [-0.2, -0.15) is 0 Å². The van der Waals surface area contributed by atoms with Crippen LogP contribution in [0.5, 0.6) is 0 Å². The first-order valence-corrected chi connectivity index (χ1v) is 6.03. The van der Waals surface area contributed by atoms with Crippen LogP contribution in [-0.2, 0) is 4.79 Å². The lowest BCUT2D eigenvalue weighted by atomic mass is 10.1. The zero-order valence-electron chi connectivity index (χ0n) is 10.4. The summed E-state index contributed by atoms with van der Waals surface area (Å²) in [5.41, 5.74) is 0. The Morgan fingerprint density at radius 2 is 2.13 bits per heavy atom. The molecule has 3 nitrogen and oxygen atoms in total. The molecule has 1 atom stereocenters. The fourth-order valence-corrected chi connectivity index (χ4v) is 1.97. The van der Waals surface area contributed by atoms with Gasteiger partial charge in [-0.1, -0.05) is 27.7 Å². The summed E-state index contributed by atoms with van der Waals surface area (Å²) in [6.45, 7) is 11.2. The second-order valence-corrected chi connectivity index (χ2v) is 5.16. The Kier molecular flexibility index (Phi) is 4.58. The molecule has 0 aromatic carbocycles. The molecule has 15 heavy (non-hydrogen) atoms. The first-order valence-electron chi connectivity index (χ1n) is 6.03. The van der Waals surface area contributed by atoms with Gasteiger partial charge in [0.2, 0.25) is 5.91 Å². The van der Waals surface area contributed by atoms with Gasteiger partial charge in [0.1, 0.15) is 0 Å².